The molecule has 1 amide bonds. The van der Waals surface area contributed by atoms with Gasteiger partial charge in [0.25, 0.3) is 0 Å². The Morgan fingerprint density at radius 3 is 2.51 bits per heavy atom. The lowest BCUT2D eigenvalue weighted by molar-refractivity contribution is 0.197. The zero-order chi connectivity index (χ0) is 25.8. The second kappa shape index (κ2) is 10.6. The predicted molar refractivity (Wildman–Crippen MR) is 144 cm³/mol. The first kappa shape index (κ1) is 24.2. The van der Waals surface area contributed by atoms with E-state index in [4.69, 9.17) is 20.8 Å². The smallest absolute Gasteiger partial charge is 0.404 e. The molecule has 0 atom stereocenters. The summed E-state index contributed by atoms with van der Waals surface area (Å²) in [7, 11) is 1.35. The monoisotopic (exact) mass is 495 g/mol. The van der Waals surface area contributed by atoms with Crippen LogP contribution >= 0.6 is 0 Å². The zero-order valence-electron chi connectivity index (χ0n) is 20.6. The summed E-state index contributed by atoms with van der Waals surface area (Å²) < 4.78 is 2.15. The van der Waals surface area contributed by atoms with Gasteiger partial charge in [-0.15, -0.1) is 0 Å². The molecule has 3 aromatic heterocycles. The number of hydrogen-bond donors (Lipinski definition) is 3. The number of nitrogens with two attached hydrogens (primary N) is 1. The minimum Gasteiger partial charge on any atom is -0.465 e. The molecule has 0 unspecified atom stereocenters. The van der Waals surface area contributed by atoms with Crippen LogP contribution in [0.4, 0.5) is 10.6 Å². The molecule has 0 saturated heterocycles. The second-order valence-electron chi connectivity index (χ2n) is 9.07. The van der Waals surface area contributed by atoms with E-state index < -0.39 is 6.09 Å². The van der Waals surface area contributed by atoms with Crippen LogP contribution in [0.1, 0.15) is 43.8 Å². The molecule has 9 heteroatoms. The Hall–Kier alpha value is -4.53. The van der Waals surface area contributed by atoms with Crippen LogP contribution < -0.4 is 11.1 Å². The lowest BCUT2D eigenvalue weighted by Gasteiger charge is -2.20. The number of nitrogens with zero attached hydrogens (tertiary/aromatic N) is 5. The maximum atomic E-state index is 9.26. The van der Waals surface area contributed by atoms with Crippen molar-refractivity contribution >= 4 is 28.3 Å². The van der Waals surface area contributed by atoms with Crippen LogP contribution in [0.15, 0.2) is 67.1 Å². The Balaban J connectivity index is 0.000000514. The lowest BCUT2D eigenvalue weighted by atomic mass is 9.89. The molecule has 1 saturated carbocycles. The third kappa shape index (κ3) is 5.06. The van der Waals surface area contributed by atoms with Crippen LogP contribution in [0.2, 0.25) is 0 Å². The van der Waals surface area contributed by atoms with E-state index in [-0.39, 0.29) is 0 Å². The van der Waals surface area contributed by atoms with E-state index in [1.54, 1.807) is 6.20 Å². The van der Waals surface area contributed by atoms with Gasteiger partial charge in [-0.2, -0.15) is 0 Å². The highest BCUT2D eigenvalue weighted by Crippen LogP contribution is 2.37. The van der Waals surface area contributed by atoms with E-state index in [0.29, 0.717) is 17.6 Å². The van der Waals surface area contributed by atoms with E-state index >= 15 is 0 Å². The quantitative estimate of drug-likeness (QED) is 0.300. The largest absolute Gasteiger partial charge is 0.465 e. The number of carbonyl (C=O) groups is 1. The number of anilines is 1. The van der Waals surface area contributed by atoms with Gasteiger partial charge in [0.15, 0.2) is 5.82 Å². The van der Waals surface area contributed by atoms with Crippen molar-refractivity contribution in [3.63, 3.8) is 0 Å². The number of aromatic nitrogens is 5. The van der Waals surface area contributed by atoms with Gasteiger partial charge in [0, 0.05) is 48.1 Å². The summed E-state index contributed by atoms with van der Waals surface area (Å²) in [4.78, 5) is 28.1. The molecule has 1 aliphatic rings. The molecule has 188 valence electrons. The molecular formula is C28H29N7O2. The van der Waals surface area contributed by atoms with Gasteiger partial charge in [0.1, 0.15) is 22.9 Å². The third-order valence-electron chi connectivity index (χ3n) is 6.68. The Bertz CT molecular complexity index is 1540. The van der Waals surface area contributed by atoms with Gasteiger partial charge in [-0.3, -0.25) is 4.40 Å². The van der Waals surface area contributed by atoms with E-state index in [1.807, 2.05) is 48.0 Å². The zero-order valence-corrected chi connectivity index (χ0v) is 20.6. The number of rotatable bonds is 3. The van der Waals surface area contributed by atoms with Crippen molar-refractivity contribution < 1.29 is 9.90 Å². The van der Waals surface area contributed by atoms with Gasteiger partial charge >= 0.3 is 6.09 Å². The summed E-state index contributed by atoms with van der Waals surface area (Å²) in [5, 5.41) is 10.6. The van der Waals surface area contributed by atoms with Crippen LogP contribution in [0.25, 0.3) is 39.1 Å². The van der Waals surface area contributed by atoms with Gasteiger partial charge in [-0.1, -0.05) is 61.7 Å². The van der Waals surface area contributed by atoms with E-state index in [9.17, 15) is 4.79 Å². The third-order valence-corrected chi connectivity index (χ3v) is 6.68. The molecule has 9 nitrogen and oxygen atoms in total. The van der Waals surface area contributed by atoms with Crippen LogP contribution in [-0.4, -0.2) is 42.6 Å². The SMILES string of the molecule is CNC(=O)O.Nc1nccn2c(C3CCCCC3)nc(-c3ccc4cnc(-c5ccccc5)nc4c3)c12. The molecule has 5 aromatic rings. The number of amides is 1. The van der Waals surface area contributed by atoms with Crippen LogP contribution in [0.5, 0.6) is 0 Å². The molecule has 37 heavy (non-hydrogen) atoms. The number of hydrogen-bond acceptors (Lipinski definition) is 6. The highest BCUT2D eigenvalue weighted by molar-refractivity contribution is 5.90. The van der Waals surface area contributed by atoms with E-state index in [2.05, 4.69) is 32.6 Å². The standard InChI is InChI=1S/C26H24N6.C2H5NO2/c27-24-23-22(31-26(32(23)14-13-28-24)18-9-5-2-6-10-18)19-11-12-20-16-29-25(30-21(20)15-19)17-7-3-1-4-8-17;1-3-2(4)5/h1,3-4,7-8,11-16,18H,2,5-6,9-10H2,(H2,27,28);3H,1H3,(H,4,5). The molecule has 4 N–H and O–H groups in total. The Labute approximate surface area is 214 Å². The highest BCUT2D eigenvalue weighted by Gasteiger charge is 2.24. The fourth-order valence-electron chi connectivity index (χ4n) is 4.83. The fraction of sp³-hybridized carbons (Fsp3) is 0.250. The molecule has 3 heterocycles. The molecule has 0 radical (unpaired) electrons. The molecule has 0 aliphatic heterocycles. The topological polar surface area (TPSA) is 131 Å². The number of carboxylic acid groups (broad SMARTS) is 1. The van der Waals surface area contributed by atoms with Crippen molar-refractivity contribution in [2.75, 3.05) is 12.8 Å². The number of fused-ring (bicyclic) bond motifs is 2. The Morgan fingerprint density at radius 1 is 1.03 bits per heavy atom. The summed E-state index contributed by atoms with van der Waals surface area (Å²) in [5.41, 5.74) is 11.0. The number of nitrogens with one attached hydrogen (secondary N) is 1. The van der Waals surface area contributed by atoms with Gasteiger partial charge in [-0.25, -0.2) is 24.7 Å². The van der Waals surface area contributed by atoms with E-state index in [0.717, 1.165) is 39.1 Å². The van der Waals surface area contributed by atoms with Crippen molar-refractivity contribution in [2.45, 2.75) is 38.0 Å². The predicted octanol–water partition coefficient (Wildman–Crippen LogP) is 5.52. The summed E-state index contributed by atoms with van der Waals surface area (Å²) in [5.74, 6) is 2.77. The summed E-state index contributed by atoms with van der Waals surface area (Å²) >= 11 is 0. The van der Waals surface area contributed by atoms with Crippen LogP contribution in [-0.2, 0) is 0 Å². The normalized spacial score (nSPS) is 13.8. The maximum Gasteiger partial charge on any atom is 0.404 e. The van der Waals surface area contributed by atoms with Gasteiger partial charge in [0.2, 0.25) is 0 Å². The van der Waals surface area contributed by atoms with Crippen molar-refractivity contribution in [2.24, 2.45) is 0 Å². The molecule has 1 fully saturated rings. The minimum absolute atomic E-state index is 0.458. The highest BCUT2D eigenvalue weighted by atomic mass is 16.4. The molecule has 6 rings (SSSR count). The first-order chi connectivity index (χ1) is 18.0. The molecule has 0 spiro atoms. The fourth-order valence-corrected chi connectivity index (χ4v) is 4.83. The summed E-state index contributed by atoms with van der Waals surface area (Å²) in [6.07, 6.45) is 10.8. The maximum absolute atomic E-state index is 9.26. The average molecular weight is 496 g/mol. The van der Waals surface area contributed by atoms with Gasteiger partial charge < -0.3 is 16.2 Å². The number of imidazole rings is 1. The molecule has 1 aliphatic carbocycles. The summed E-state index contributed by atoms with van der Waals surface area (Å²) in [6, 6.07) is 16.3. The number of nitrogen functional groups attached to an aromatic ring is 1. The second-order valence-corrected chi connectivity index (χ2v) is 9.07. The van der Waals surface area contributed by atoms with Crippen molar-refractivity contribution in [3.05, 3.63) is 72.9 Å². The van der Waals surface area contributed by atoms with E-state index in [1.165, 1.54) is 39.2 Å². The molecular weight excluding hydrogens is 466 g/mol. The molecule has 2 aromatic carbocycles. The van der Waals surface area contributed by atoms with Crippen LogP contribution in [0.3, 0.4) is 0 Å². The van der Waals surface area contributed by atoms with Crippen LogP contribution in [0, 0.1) is 0 Å². The molecule has 0 bridgehead atoms. The Kier molecular flexibility index (Phi) is 6.93. The first-order valence-electron chi connectivity index (χ1n) is 12.4. The average Bonchev–Trinajstić information content (AvgIpc) is 3.35. The Morgan fingerprint density at radius 2 is 1.78 bits per heavy atom. The van der Waals surface area contributed by atoms with Gasteiger partial charge in [-0.05, 0) is 18.9 Å². The first-order valence-corrected chi connectivity index (χ1v) is 12.4. The lowest BCUT2D eigenvalue weighted by Crippen LogP contribution is -2.13. The summed E-state index contributed by atoms with van der Waals surface area (Å²) in [6.45, 7) is 0. The minimum atomic E-state index is -0.995. The van der Waals surface area contributed by atoms with Crippen molar-refractivity contribution in [3.8, 4) is 22.6 Å². The number of benzene rings is 2. The van der Waals surface area contributed by atoms with Gasteiger partial charge in [0.05, 0.1) is 5.52 Å². The van der Waals surface area contributed by atoms with Crippen molar-refractivity contribution in [1.82, 2.24) is 29.7 Å². The van der Waals surface area contributed by atoms with Crippen molar-refractivity contribution in [1.29, 1.82) is 0 Å².